The molecule has 20 heavy (non-hydrogen) atoms. The lowest BCUT2D eigenvalue weighted by Crippen LogP contribution is -2.11. The normalized spacial score (nSPS) is 11.7. The molecule has 0 unspecified atom stereocenters. The maximum Gasteiger partial charge on any atom is 0.140 e. The zero-order valence-electron chi connectivity index (χ0n) is 12.4. The molecule has 0 bridgehead atoms. The second-order valence-corrected chi connectivity index (χ2v) is 7.12. The summed E-state index contributed by atoms with van der Waals surface area (Å²) in [5.41, 5.74) is 3.42. The first-order chi connectivity index (χ1) is 9.40. The van der Waals surface area contributed by atoms with E-state index in [1.807, 2.05) is 12.1 Å². The number of rotatable bonds is 4. The van der Waals surface area contributed by atoms with Crippen LogP contribution in [0, 0.1) is 6.92 Å². The van der Waals surface area contributed by atoms with Crippen LogP contribution in [0.3, 0.4) is 0 Å². The van der Waals surface area contributed by atoms with Gasteiger partial charge in [-0.2, -0.15) is 0 Å². The smallest absolute Gasteiger partial charge is 0.140 e. The van der Waals surface area contributed by atoms with Gasteiger partial charge in [-0.1, -0.05) is 38.5 Å². The average molecular weight is 310 g/mol. The van der Waals surface area contributed by atoms with Gasteiger partial charge in [0.1, 0.15) is 17.4 Å². The molecule has 0 saturated heterocycles. The van der Waals surface area contributed by atoms with Crippen LogP contribution in [0.15, 0.2) is 23.6 Å². The van der Waals surface area contributed by atoms with Crippen molar-refractivity contribution >= 4 is 22.9 Å². The van der Waals surface area contributed by atoms with Crippen LogP contribution in [-0.4, -0.2) is 4.98 Å². The molecule has 1 heterocycles. The van der Waals surface area contributed by atoms with Crippen LogP contribution in [0.2, 0.25) is 0 Å². The van der Waals surface area contributed by atoms with Crippen molar-refractivity contribution in [3.8, 4) is 5.75 Å². The molecule has 108 valence electrons. The quantitative estimate of drug-likeness (QED) is 0.736. The molecule has 2 nitrogen and oxygen atoms in total. The maximum absolute atomic E-state index is 5.96. The summed E-state index contributed by atoms with van der Waals surface area (Å²) in [6.07, 6.45) is 0. The minimum Gasteiger partial charge on any atom is -0.486 e. The van der Waals surface area contributed by atoms with E-state index >= 15 is 0 Å². The van der Waals surface area contributed by atoms with E-state index in [1.54, 1.807) is 11.3 Å². The number of benzene rings is 1. The number of hydrogen-bond acceptors (Lipinski definition) is 3. The van der Waals surface area contributed by atoms with Gasteiger partial charge >= 0.3 is 0 Å². The van der Waals surface area contributed by atoms with Crippen molar-refractivity contribution in [1.29, 1.82) is 0 Å². The summed E-state index contributed by atoms with van der Waals surface area (Å²) < 4.78 is 5.86. The molecular weight excluding hydrogens is 290 g/mol. The Morgan fingerprint density at radius 1 is 1.30 bits per heavy atom. The van der Waals surface area contributed by atoms with Gasteiger partial charge < -0.3 is 4.74 Å². The van der Waals surface area contributed by atoms with E-state index in [0.29, 0.717) is 12.5 Å². The minimum absolute atomic E-state index is 0.0832. The van der Waals surface area contributed by atoms with Gasteiger partial charge in [0.15, 0.2) is 0 Å². The lowest BCUT2D eigenvalue weighted by atomic mass is 9.93. The molecule has 0 aliphatic heterocycles. The summed E-state index contributed by atoms with van der Waals surface area (Å²) in [6, 6.07) is 6.07. The first kappa shape index (κ1) is 15.3. The second-order valence-electron chi connectivity index (χ2n) is 5.91. The highest BCUT2D eigenvalue weighted by atomic mass is 35.5. The molecular formula is C16H20ClNOS. The fraction of sp³-hybridized carbons (Fsp3) is 0.438. The number of ether oxygens (including phenoxy) is 1. The van der Waals surface area contributed by atoms with E-state index in [9.17, 15) is 0 Å². The van der Waals surface area contributed by atoms with Crippen LogP contribution in [0.4, 0.5) is 0 Å². The molecule has 2 rings (SSSR count). The summed E-state index contributed by atoms with van der Waals surface area (Å²) in [4.78, 5) is 4.63. The predicted octanol–water partition coefficient (Wildman–Crippen LogP) is 5.07. The van der Waals surface area contributed by atoms with Gasteiger partial charge in [0.25, 0.3) is 0 Å². The van der Waals surface area contributed by atoms with Crippen LogP contribution in [0.5, 0.6) is 5.75 Å². The molecule has 0 aliphatic rings. The SMILES string of the molecule is Cc1ccc(OCc2nc(C(C)(C)C)cs2)c(CCl)c1. The number of aromatic nitrogens is 1. The molecule has 0 aliphatic carbocycles. The van der Waals surface area contributed by atoms with Crippen molar-refractivity contribution in [1.82, 2.24) is 4.98 Å². The number of hydrogen-bond donors (Lipinski definition) is 0. The number of halogens is 1. The van der Waals surface area contributed by atoms with Gasteiger partial charge in [0.2, 0.25) is 0 Å². The highest BCUT2D eigenvalue weighted by Crippen LogP contribution is 2.26. The van der Waals surface area contributed by atoms with E-state index in [0.717, 1.165) is 22.0 Å². The number of thiazole rings is 1. The third-order valence-electron chi connectivity index (χ3n) is 3.03. The Bertz CT molecular complexity index is 586. The van der Waals surface area contributed by atoms with Gasteiger partial charge in [-0.3, -0.25) is 0 Å². The van der Waals surface area contributed by atoms with Crippen LogP contribution in [-0.2, 0) is 17.9 Å². The molecule has 0 atom stereocenters. The summed E-state index contributed by atoms with van der Waals surface area (Å²) in [5, 5.41) is 3.10. The fourth-order valence-electron chi connectivity index (χ4n) is 1.81. The molecule has 0 fully saturated rings. The standard InChI is InChI=1S/C16H20ClNOS/c1-11-5-6-13(12(7-11)8-17)19-9-15-18-14(10-20-15)16(2,3)4/h5-7,10H,8-9H2,1-4H3. The molecule has 0 saturated carbocycles. The zero-order valence-corrected chi connectivity index (χ0v) is 13.9. The number of nitrogens with zero attached hydrogens (tertiary/aromatic N) is 1. The Hall–Kier alpha value is -1.06. The summed E-state index contributed by atoms with van der Waals surface area (Å²) in [6.45, 7) is 9.04. The van der Waals surface area contributed by atoms with Gasteiger partial charge in [0.05, 0.1) is 11.6 Å². The van der Waals surface area contributed by atoms with E-state index in [-0.39, 0.29) is 5.41 Å². The first-order valence-electron chi connectivity index (χ1n) is 6.63. The largest absolute Gasteiger partial charge is 0.486 e. The van der Waals surface area contributed by atoms with Crippen molar-refractivity contribution in [2.24, 2.45) is 0 Å². The monoisotopic (exact) mass is 309 g/mol. The molecule has 1 aromatic heterocycles. The Balaban J connectivity index is 2.07. The number of aryl methyl sites for hydroxylation is 1. The van der Waals surface area contributed by atoms with Crippen molar-refractivity contribution < 1.29 is 4.74 Å². The minimum atomic E-state index is 0.0832. The van der Waals surface area contributed by atoms with Crippen LogP contribution < -0.4 is 4.74 Å². The molecule has 0 amide bonds. The molecule has 4 heteroatoms. The van der Waals surface area contributed by atoms with Crippen molar-refractivity contribution in [3.05, 3.63) is 45.4 Å². The lowest BCUT2D eigenvalue weighted by molar-refractivity contribution is 0.302. The van der Waals surface area contributed by atoms with Crippen molar-refractivity contribution in [2.75, 3.05) is 0 Å². The van der Waals surface area contributed by atoms with E-state index in [4.69, 9.17) is 16.3 Å². The maximum atomic E-state index is 5.96. The van der Waals surface area contributed by atoms with E-state index in [1.165, 1.54) is 5.56 Å². The Labute approximate surface area is 129 Å². The summed E-state index contributed by atoms with van der Waals surface area (Å²) in [7, 11) is 0. The predicted molar refractivity (Wildman–Crippen MR) is 85.9 cm³/mol. The molecule has 1 aromatic carbocycles. The highest BCUT2D eigenvalue weighted by molar-refractivity contribution is 7.09. The highest BCUT2D eigenvalue weighted by Gasteiger charge is 2.17. The Morgan fingerprint density at radius 2 is 2.05 bits per heavy atom. The van der Waals surface area contributed by atoms with E-state index < -0.39 is 0 Å². The van der Waals surface area contributed by atoms with Crippen molar-refractivity contribution in [3.63, 3.8) is 0 Å². The van der Waals surface area contributed by atoms with Gasteiger partial charge in [-0.25, -0.2) is 4.98 Å². The van der Waals surface area contributed by atoms with Gasteiger partial charge in [0, 0.05) is 16.4 Å². The third-order valence-corrected chi connectivity index (χ3v) is 4.14. The summed E-state index contributed by atoms with van der Waals surface area (Å²) in [5.74, 6) is 1.31. The third kappa shape index (κ3) is 3.74. The first-order valence-corrected chi connectivity index (χ1v) is 8.05. The molecule has 0 spiro atoms. The van der Waals surface area contributed by atoms with Gasteiger partial charge in [-0.05, 0) is 13.0 Å². The lowest BCUT2D eigenvalue weighted by Gasteiger charge is -2.14. The topological polar surface area (TPSA) is 22.1 Å². The Kier molecular flexibility index (Phi) is 4.71. The zero-order chi connectivity index (χ0) is 14.8. The summed E-state index contributed by atoms with van der Waals surface area (Å²) >= 11 is 7.60. The molecule has 0 N–H and O–H groups in total. The van der Waals surface area contributed by atoms with Crippen molar-refractivity contribution in [2.45, 2.75) is 45.6 Å². The van der Waals surface area contributed by atoms with Crippen LogP contribution >= 0.6 is 22.9 Å². The Morgan fingerprint density at radius 3 is 2.65 bits per heavy atom. The van der Waals surface area contributed by atoms with Crippen LogP contribution in [0.25, 0.3) is 0 Å². The van der Waals surface area contributed by atoms with Gasteiger partial charge in [-0.15, -0.1) is 22.9 Å². The van der Waals surface area contributed by atoms with Crippen LogP contribution in [0.1, 0.15) is 42.6 Å². The second kappa shape index (κ2) is 6.15. The fourth-order valence-corrected chi connectivity index (χ4v) is 2.96. The molecule has 2 aromatic rings. The number of alkyl halides is 1. The molecule has 0 radical (unpaired) electrons. The van der Waals surface area contributed by atoms with E-state index in [2.05, 4.69) is 44.1 Å². The average Bonchev–Trinajstić information content (AvgIpc) is 2.86.